The molecule has 7 N–H and O–H groups in total. The summed E-state index contributed by atoms with van der Waals surface area (Å²) in [6, 6.07) is -1.87. The number of carboxylic acid groups (broad SMARTS) is 2. The molecule has 0 saturated carbocycles. The van der Waals surface area contributed by atoms with Gasteiger partial charge in [0.25, 0.3) is 0 Å². The van der Waals surface area contributed by atoms with Gasteiger partial charge in [-0.1, -0.05) is 0 Å². The third-order valence-electron chi connectivity index (χ3n) is 1.81. The molecule has 0 aliphatic heterocycles. The first-order valence-electron chi connectivity index (χ1n) is 5.43. The van der Waals surface area contributed by atoms with Crippen molar-refractivity contribution >= 4 is 17.9 Å². The number of ether oxygens (including phenoxy) is 1. The second-order valence-corrected chi connectivity index (χ2v) is 3.53. The molecule has 0 bridgehead atoms. The Morgan fingerprint density at radius 3 is 1.74 bits per heavy atom. The number of carbonyl (C=O) groups excluding carboxylic acids is 1. The van der Waals surface area contributed by atoms with Crippen LogP contribution in [-0.4, -0.2) is 58.5 Å². The fraction of sp³-hybridized carbons (Fsp3) is 0.700. The number of carboxylic acids is 2. The number of esters is 1. The molecule has 0 unspecified atom stereocenters. The van der Waals surface area contributed by atoms with Crippen LogP contribution < -0.4 is 11.5 Å². The van der Waals surface area contributed by atoms with Crippen LogP contribution in [0.1, 0.15) is 19.8 Å². The molecular weight excluding hydrogens is 260 g/mol. The van der Waals surface area contributed by atoms with E-state index in [-0.39, 0.29) is 26.1 Å². The SMILES string of the molecule is CC(=O)OCC[C@H](N)C(=O)O.N[C@@H](CCO)C(=O)O. The molecule has 0 saturated heterocycles. The molecular formula is C10H20N2O7. The van der Waals surface area contributed by atoms with Crippen LogP contribution in [0, 0.1) is 0 Å². The molecule has 2 atom stereocenters. The zero-order valence-corrected chi connectivity index (χ0v) is 10.6. The van der Waals surface area contributed by atoms with Crippen molar-refractivity contribution in [2.75, 3.05) is 13.2 Å². The molecule has 0 aromatic carbocycles. The molecule has 0 spiro atoms. The van der Waals surface area contributed by atoms with Crippen LogP contribution in [0.4, 0.5) is 0 Å². The van der Waals surface area contributed by atoms with Gasteiger partial charge < -0.3 is 31.5 Å². The number of aliphatic hydroxyl groups is 1. The number of aliphatic carboxylic acids is 2. The number of carbonyl (C=O) groups is 3. The van der Waals surface area contributed by atoms with Gasteiger partial charge in [-0.3, -0.25) is 14.4 Å². The van der Waals surface area contributed by atoms with Crippen LogP contribution in [0.2, 0.25) is 0 Å². The van der Waals surface area contributed by atoms with Crippen molar-refractivity contribution in [3.05, 3.63) is 0 Å². The molecule has 9 heteroatoms. The van der Waals surface area contributed by atoms with Crippen molar-refractivity contribution in [1.29, 1.82) is 0 Å². The summed E-state index contributed by atoms with van der Waals surface area (Å²) in [7, 11) is 0. The van der Waals surface area contributed by atoms with Crippen LogP contribution >= 0.6 is 0 Å². The summed E-state index contributed by atoms with van der Waals surface area (Å²) >= 11 is 0. The summed E-state index contributed by atoms with van der Waals surface area (Å²) < 4.78 is 4.48. The molecule has 0 aliphatic carbocycles. The van der Waals surface area contributed by atoms with Gasteiger partial charge in [0.2, 0.25) is 0 Å². The fourth-order valence-corrected chi connectivity index (χ4v) is 0.716. The topological polar surface area (TPSA) is 173 Å². The zero-order valence-electron chi connectivity index (χ0n) is 10.6. The van der Waals surface area contributed by atoms with Crippen LogP contribution in [0.25, 0.3) is 0 Å². The van der Waals surface area contributed by atoms with Gasteiger partial charge in [-0.2, -0.15) is 0 Å². The maximum absolute atomic E-state index is 10.2. The molecule has 0 heterocycles. The van der Waals surface area contributed by atoms with Crippen molar-refractivity contribution in [2.45, 2.75) is 31.8 Å². The summed E-state index contributed by atoms with van der Waals surface area (Å²) in [5.74, 6) is -2.58. The number of aliphatic hydroxyl groups excluding tert-OH is 1. The minimum Gasteiger partial charge on any atom is -0.480 e. The largest absolute Gasteiger partial charge is 0.480 e. The van der Waals surface area contributed by atoms with E-state index in [0.29, 0.717) is 0 Å². The monoisotopic (exact) mass is 280 g/mol. The van der Waals surface area contributed by atoms with Gasteiger partial charge in [-0.05, 0) is 6.42 Å². The smallest absolute Gasteiger partial charge is 0.320 e. The minimum absolute atomic E-state index is 0.0583. The number of rotatable bonds is 7. The Labute approximate surface area is 110 Å². The lowest BCUT2D eigenvalue weighted by atomic mass is 10.2. The molecule has 0 amide bonds. The Bertz CT molecular complexity index is 296. The first-order chi connectivity index (χ1) is 8.72. The normalized spacial score (nSPS) is 12.6. The van der Waals surface area contributed by atoms with E-state index >= 15 is 0 Å². The Hall–Kier alpha value is -1.71. The quantitative estimate of drug-likeness (QED) is 0.335. The highest BCUT2D eigenvalue weighted by atomic mass is 16.5. The molecule has 0 aliphatic rings. The van der Waals surface area contributed by atoms with Gasteiger partial charge in [-0.15, -0.1) is 0 Å². The Morgan fingerprint density at radius 1 is 1.05 bits per heavy atom. The van der Waals surface area contributed by atoms with Gasteiger partial charge in [0.1, 0.15) is 12.1 Å². The summed E-state index contributed by atoms with van der Waals surface area (Å²) in [6.07, 6.45) is 0.268. The molecule has 0 aromatic heterocycles. The summed E-state index contributed by atoms with van der Waals surface area (Å²) in [5, 5.41) is 24.5. The molecule has 19 heavy (non-hydrogen) atoms. The number of hydrogen-bond acceptors (Lipinski definition) is 7. The zero-order chi connectivity index (χ0) is 15.4. The van der Waals surface area contributed by atoms with Crippen molar-refractivity contribution in [3.8, 4) is 0 Å². The average Bonchev–Trinajstić information content (AvgIpc) is 2.29. The summed E-state index contributed by atoms with van der Waals surface area (Å²) in [5.41, 5.74) is 10.1. The minimum atomic E-state index is -1.09. The highest BCUT2D eigenvalue weighted by molar-refractivity contribution is 5.73. The predicted molar refractivity (Wildman–Crippen MR) is 64.2 cm³/mol. The lowest BCUT2D eigenvalue weighted by Crippen LogP contribution is -2.31. The van der Waals surface area contributed by atoms with Gasteiger partial charge in [-0.25, -0.2) is 0 Å². The number of hydrogen-bond donors (Lipinski definition) is 5. The standard InChI is InChI=1S/C6H11NO4.C4H9NO3/c1-4(8)11-3-2-5(7)6(9)10;5-3(1-2-6)4(7)8/h5H,2-3,7H2,1H3,(H,9,10);3,6H,1-2,5H2,(H,7,8)/t5-;3-/m00/s1. The van der Waals surface area contributed by atoms with Crippen molar-refractivity contribution in [1.82, 2.24) is 0 Å². The molecule has 0 fully saturated rings. The molecule has 0 radical (unpaired) electrons. The number of nitrogens with two attached hydrogens (primary N) is 2. The van der Waals surface area contributed by atoms with Crippen molar-refractivity contribution < 1.29 is 34.4 Å². The summed E-state index contributed by atoms with van der Waals surface area (Å²) in [4.78, 5) is 30.1. The van der Waals surface area contributed by atoms with E-state index in [0.717, 1.165) is 0 Å². The van der Waals surface area contributed by atoms with E-state index in [2.05, 4.69) is 4.74 Å². The van der Waals surface area contributed by atoms with E-state index in [1.807, 2.05) is 0 Å². The fourth-order valence-electron chi connectivity index (χ4n) is 0.716. The van der Waals surface area contributed by atoms with Crippen LogP contribution in [0.3, 0.4) is 0 Å². The molecule has 112 valence electrons. The highest BCUT2D eigenvalue weighted by Gasteiger charge is 2.10. The van der Waals surface area contributed by atoms with Gasteiger partial charge >= 0.3 is 17.9 Å². The maximum atomic E-state index is 10.2. The van der Waals surface area contributed by atoms with Crippen molar-refractivity contribution in [2.24, 2.45) is 11.5 Å². The second-order valence-electron chi connectivity index (χ2n) is 3.53. The Kier molecular flexibility index (Phi) is 11.8. The lowest BCUT2D eigenvalue weighted by molar-refractivity contribution is -0.144. The molecule has 0 aromatic rings. The van der Waals surface area contributed by atoms with Gasteiger partial charge in [0.05, 0.1) is 6.61 Å². The van der Waals surface area contributed by atoms with E-state index < -0.39 is 30.0 Å². The lowest BCUT2D eigenvalue weighted by Gasteiger charge is -2.04. The van der Waals surface area contributed by atoms with E-state index in [1.165, 1.54) is 6.92 Å². The Balaban J connectivity index is 0. The second kappa shape index (κ2) is 11.4. The first kappa shape index (κ1) is 19.6. The maximum Gasteiger partial charge on any atom is 0.320 e. The van der Waals surface area contributed by atoms with Gasteiger partial charge in [0.15, 0.2) is 0 Å². The summed E-state index contributed by atoms with van der Waals surface area (Å²) in [6.45, 7) is 1.14. The average molecular weight is 280 g/mol. The van der Waals surface area contributed by atoms with Crippen LogP contribution in [0.5, 0.6) is 0 Å². The predicted octanol–water partition coefficient (Wildman–Crippen LogP) is -1.87. The Morgan fingerprint density at radius 2 is 1.47 bits per heavy atom. The molecule has 9 nitrogen and oxygen atoms in total. The van der Waals surface area contributed by atoms with Gasteiger partial charge in [0, 0.05) is 20.0 Å². The van der Waals surface area contributed by atoms with E-state index in [4.69, 9.17) is 26.8 Å². The van der Waals surface area contributed by atoms with Crippen LogP contribution in [-0.2, 0) is 19.1 Å². The third-order valence-corrected chi connectivity index (χ3v) is 1.81. The first-order valence-corrected chi connectivity index (χ1v) is 5.43. The van der Waals surface area contributed by atoms with Crippen molar-refractivity contribution in [3.63, 3.8) is 0 Å². The van der Waals surface area contributed by atoms with Crippen LogP contribution in [0.15, 0.2) is 0 Å². The third kappa shape index (κ3) is 14.2. The molecule has 0 rings (SSSR count). The highest BCUT2D eigenvalue weighted by Crippen LogP contribution is 1.89. The van der Waals surface area contributed by atoms with E-state index in [1.54, 1.807) is 0 Å². The van der Waals surface area contributed by atoms with E-state index in [9.17, 15) is 14.4 Å².